The van der Waals surface area contributed by atoms with Crippen molar-refractivity contribution in [2.24, 2.45) is 0 Å². The van der Waals surface area contributed by atoms with E-state index in [2.05, 4.69) is 21.2 Å². The molecule has 1 aliphatic heterocycles. The Morgan fingerprint density at radius 2 is 2.56 bits per heavy atom. The average molecular weight is 222 g/mol. The third kappa shape index (κ3) is 3.16. The molecule has 2 rings (SSSR count). The minimum absolute atomic E-state index is 0.531. The summed E-state index contributed by atoms with van der Waals surface area (Å²) < 4.78 is 5.07. The Bertz CT molecular complexity index is 326. The summed E-state index contributed by atoms with van der Waals surface area (Å²) in [6.07, 6.45) is 2.94. The first-order valence-electron chi connectivity index (χ1n) is 5.56. The molecule has 5 heteroatoms. The minimum atomic E-state index is 0.531. The lowest BCUT2D eigenvalue weighted by atomic mass is 10.2. The van der Waals surface area contributed by atoms with Gasteiger partial charge in [-0.25, -0.2) is 4.98 Å². The second-order valence-electron chi connectivity index (χ2n) is 3.89. The quantitative estimate of drug-likeness (QED) is 0.657. The first kappa shape index (κ1) is 11.3. The Balaban J connectivity index is 1.75. The van der Waals surface area contributed by atoms with Gasteiger partial charge in [-0.05, 0) is 18.1 Å². The van der Waals surface area contributed by atoms with Gasteiger partial charge < -0.3 is 10.1 Å². The predicted octanol–water partition coefficient (Wildman–Crippen LogP) is 0.0463. The summed E-state index contributed by atoms with van der Waals surface area (Å²) in [7, 11) is 1.63. The second kappa shape index (κ2) is 5.79. The van der Waals surface area contributed by atoms with Crippen LogP contribution < -0.4 is 20.9 Å². The molecule has 16 heavy (non-hydrogen) atoms. The molecule has 0 spiro atoms. The van der Waals surface area contributed by atoms with Crippen molar-refractivity contribution in [3.05, 3.63) is 23.9 Å². The maximum atomic E-state index is 5.07. The molecule has 1 aliphatic rings. The molecule has 1 saturated heterocycles. The molecular formula is C11H18N4O. The summed E-state index contributed by atoms with van der Waals surface area (Å²) in [6.45, 7) is 2.87. The van der Waals surface area contributed by atoms with Gasteiger partial charge in [-0.2, -0.15) is 0 Å². The number of aromatic nitrogens is 1. The Hall–Kier alpha value is -1.17. The molecule has 3 N–H and O–H groups in total. The molecular weight excluding hydrogens is 204 g/mol. The van der Waals surface area contributed by atoms with Crippen LogP contribution in [0.5, 0.6) is 5.88 Å². The highest BCUT2D eigenvalue weighted by Gasteiger charge is 2.12. The summed E-state index contributed by atoms with van der Waals surface area (Å²) in [6, 6.07) is 4.48. The molecule has 0 amide bonds. The standard InChI is InChI=1S/C11H18N4O/c1-16-11-6-9(2-4-13-11)7-12-8-10-3-5-14-15-10/h2,4,6,10,12,14-15H,3,5,7-8H2,1H3. The zero-order valence-electron chi connectivity index (χ0n) is 9.49. The average Bonchev–Trinajstić information content (AvgIpc) is 2.82. The van der Waals surface area contributed by atoms with Gasteiger partial charge in [0.25, 0.3) is 0 Å². The summed E-state index contributed by atoms with van der Waals surface area (Å²) in [5, 5.41) is 3.41. The largest absolute Gasteiger partial charge is 0.481 e. The topological polar surface area (TPSA) is 58.2 Å². The lowest BCUT2D eigenvalue weighted by Gasteiger charge is -2.11. The molecule has 0 aromatic carbocycles. The Kier molecular flexibility index (Phi) is 4.10. The number of methoxy groups -OCH3 is 1. The number of ether oxygens (including phenoxy) is 1. The predicted molar refractivity (Wildman–Crippen MR) is 62.0 cm³/mol. The molecule has 5 nitrogen and oxygen atoms in total. The molecule has 1 aromatic heterocycles. The van der Waals surface area contributed by atoms with Crippen LogP contribution >= 0.6 is 0 Å². The van der Waals surface area contributed by atoms with Crippen LogP contribution in [0.25, 0.3) is 0 Å². The fourth-order valence-electron chi connectivity index (χ4n) is 1.75. The number of hydrogen-bond donors (Lipinski definition) is 3. The molecule has 0 bridgehead atoms. The minimum Gasteiger partial charge on any atom is -0.481 e. The van der Waals surface area contributed by atoms with E-state index in [0.717, 1.165) is 19.6 Å². The maximum Gasteiger partial charge on any atom is 0.213 e. The molecule has 1 aromatic rings. The third-order valence-corrected chi connectivity index (χ3v) is 2.65. The number of nitrogens with zero attached hydrogens (tertiary/aromatic N) is 1. The van der Waals surface area contributed by atoms with Crippen LogP contribution in [0.1, 0.15) is 12.0 Å². The van der Waals surface area contributed by atoms with Crippen LogP contribution in [0.3, 0.4) is 0 Å². The molecule has 1 fully saturated rings. The molecule has 0 radical (unpaired) electrons. The molecule has 0 saturated carbocycles. The van der Waals surface area contributed by atoms with E-state index < -0.39 is 0 Å². The molecule has 2 heterocycles. The van der Waals surface area contributed by atoms with Crippen LogP contribution in [0.4, 0.5) is 0 Å². The van der Waals surface area contributed by atoms with E-state index in [4.69, 9.17) is 4.74 Å². The number of pyridine rings is 1. The van der Waals surface area contributed by atoms with Crippen molar-refractivity contribution >= 4 is 0 Å². The van der Waals surface area contributed by atoms with Gasteiger partial charge in [0.1, 0.15) is 0 Å². The number of rotatable bonds is 5. The van der Waals surface area contributed by atoms with Gasteiger partial charge >= 0.3 is 0 Å². The van der Waals surface area contributed by atoms with Crippen LogP contribution in [0, 0.1) is 0 Å². The van der Waals surface area contributed by atoms with Crippen molar-refractivity contribution in [1.29, 1.82) is 0 Å². The van der Waals surface area contributed by atoms with Crippen molar-refractivity contribution in [1.82, 2.24) is 21.2 Å². The fourth-order valence-corrected chi connectivity index (χ4v) is 1.75. The number of hydrazine groups is 1. The van der Waals surface area contributed by atoms with Crippen molar-refractivity contribution in [2.45, 2.75) is 19.0 Å². The van der Waals surface area contributed by atoms with Gasteiger partial charge in [-0.15, -0.1) is 0 Å². The van der Waals surface area contributed by atoms with Crippen LogP contribution in [0.2, 0.25) is 0 Å². The van der Waals surface area contributed by atoms with E-state index in [1.165, 1.54) is 12.0 Å². The lowest BCUT2D eigenvalue weighted by molar-refractivity contribution is 0.397. The Morgan fingerprint density at radius 1 is 1.62 bits per heavy atom. The van der Waals surface area contributed by atoms with E-state index in [-0.39, 0.29) is 0 Å². The van der Waals surface area contributed by atoms with Crippen molar-refractivity contribution in [3.63, 3.8) is 0 Å². The molecule has 1 unspecified atom stereocenters. The van der Waals surface area contributed by atoms with Crippen molar-refractivity contribution in [3.8, 4) is 5.88 Å². The van der Waals surface area contributed by atoms with Crippen molar-refractivity contribution < 1.29 is 4.74 Å². The highest BCUT2D eigenvalue weighted by molar-refractivity contribution is 5.20. The second-order valence-corrected chi connectivity index (χ2v) is 3.89. The SMILES string of the molecule is COc1cc(CNCC2CCNN2)ccn1. The summed E-state index contributed by atoms with van der Waals surface area (Å²) in [5.41, 5.74) is 7.53. The van der Waals surface area contributed by atoms with Gasteiger partial charge in [0.15, 0.2) is 0 Å². The van der Waals surface area contributed by atoms with Crippen LogP contribution in [-0.4, -0.2) is 31.2 Å². The highest BCUT2D eigenvalue weighted by Crippen LogP contribution is 2.08. The maximum absolute atomic E-state index is 5.07. The van der Waals surface area contributed by atoms with Gasteiger partial charge in [0, 0.05) is 37.9 Å². The Labute approximate surface area is 95.6 Å². The summed E-state index contributed by atoms with van der Waals surface area (Å²) >= 11 is 0. The van der Waals surface area contributed by atoms with Gasteiger partial charge in [-0.3, -0.25) is 10.9 Å². The Morgan fingerprint density at radius 3 is 3.31 bits per heavy atom. The van der Waals surface area contributed by atoms with Crippen LogP contribution in [0.15, 0.2) is 18.3 Å². The molecule has 88 valence electrons. The summed E-state index contributed by atoms with van der Waals surface area (Å²) in [5.74, 6) is 0.667. The highest BCUT2D eigenvalue weighted by atomic mass is 16.5. The fraction of sp³-hybridized carbons (Fsp3) is 0.545. The normalized spacial score (nSPS) is 19.9. The van der Waals surface area contributed by atoms with E-state index >= 15 is 0 Å². The van der Waals surface area contributed by atoms with E-state index in [0.29, 0.717) is 11.9 Å². The van der Waals surface area contributed by atoms with E-state index in [9.17, 15) is 0 Å². The van der Waals surface area contributed by atoms with Crippen molar-refractivity contribution in [2.75, 3.05) is 20.2 Å². The zero-order valence-corrected chi connectivity index (χ0v) is 9.49. The molecule has 0 aliphatic carbocycles. The number of nitrogens with one attached hydrogen (secondary N) is 3. The lowest BCUT2D eigenvalue weighted by Crippen LogP contribution is -2.37. The zero-order chi connectivity index (χ0) is 11.2. The van der Waals surface area contributed by atoms with Gasteiger partial charge in [0.2, 0.25) is 5.88 Å². The monoisotopic (exact) mass is 222 g/mol. The summed E-state index contributed by atoms with van der Waals surface area (Å²) in [4.78, 5) is 4.07. The van der Waals surface area contributed by atoms with E-state index in [1.54, 1.807) is 13.3 Å². The van der Waals surface area contributed by atoms with E-state index in [1.807, 2.05) is 12.1 Å². The number of hydrogen-bond acceptors (Lipinski definition) is 5. The molecule has 1 atom stereocenters. The first-order valence-corrected chi connectivity index (χ1v) is 5.56. The van der Waals surface area contributed by atoms with Gasteiger partial charge in [-0.1, -0.05) is 0 Å². The first-order chi connectivity index (χ1) is 7.88. The van der Waals surface area contributed by atoms with Crippen LogP contribution in [-0.2, 0) is 6.54 Å². The smallest absolute Gasteiger partial charge is 0.213 e. The third-order valence-electron chi connectivity index (χ3n) is 2.65. The van der Waals surface area contributed by atoms with Gasteiger partial charge in [0.05, 0.1) is 7.11 Å².